The maximum absolute atomic E-state index is 12.7. The van der Waals surface area contributed by atoms with Gasteiger partial charge in [0.2, 0.25) is 0 Å². The van der Waals surface area contributed by atoms with E-state index < -0.39 is 0 Å². The van der Waals surface area contributed by atoms with Gasteiger partial charge in [0.1, 0.15) is 5.69 Å². The molecule has 0 radical (unpaired) electrons. The molecule has 2 heterocycles. The van der Waals surface area contributed by atoms with Crippen LogP contribution in [0, 0.1) is 12.3 Å². The first-order valence-corrected chi connectivity index (χ1v) is 7.38. The van der Waals surface area contributed by atoms with E-state index >= 15 is 0 Å². The first-order chi connectivity index (χ1) is 10.0. The van der Waals surface area contributed by atoms with Crippen LogP contribution in [-0.2, 0) is 0 Å². The zero-order valence-corrected chi connectivity index (χ0v) is 12.6. The molecule has 110 valence electrons. The molecule has 4 nitrogen and oxygen atoms in total. The molecular formula is C17H21N3O. The Kier molecular flexibility index (Phi) is 3.41. The Labute approximate surface area is 125 Å². The van der Waals surface area contributed by atoms with E-state index in [0.29, 0.717) is 12.2 Å². The Morgan fingerprint density at radius 3 is 2.90 bits per heavy atom. The van der Waals surface area contributed by atoms with Crippen molar-refractivity contribution in [2.75, 3.05) is 19.6 Å². The Bertz CT molecular complexity index is 697. The fraction of sp³-hybridized carbons (Fsp3) is 0.412. The normalized spacial score (nSPS) is 22.0. The fourth-order valence-electron chi connectivity index (χ4n) is 2.98. The molecule has 4 heteroatoms. The van der Waals surface area contributed by atoms with Crippen molar-refractivity contribution in [1.29, 1.82) is 0 Å². The highest BCUT2D eigenvalue weighted by molar-refractivity contribution is 5.96. The van der Waals surface area contributed by atoms with Gasteiger partial charge in [-0.1, -0.05) is 25.1 Å². The van der Waals surface area contributed by atoms with Crippen molar-refractivity contribution >= 4 is 16.8 Å². The second-order valence-electron chi connectivity index (χ2n) is 6.33. The van der Waals surface area contributed by atoms with Crippen LogP contribution in [0.2, 0.25) is 0 Å². The van der Waals surface area contributed by atoms with Crippen molar-refractivity contribution in [2.45, 2.75) is 20.3 Å². The van der Waals surface area contributed by atoms with E-state index in [1.54, 1.807) is 0 Å². The number of aromatic nitrogens is 1. The Balaban J connectivity index is 1.92. The van der Waals surface area contributed by atoms with Crippen LogP contribution in [-0.4, -0.2) is 35.4 Å². The highest BCUT2D eigenvalue weighted by Gasteiger charge is 2.35. The van der Waals surface area contributed by atoms with Gasteiger partial charge in [-0.25, -0.2) is 4.98 Å². The van der Waals surface area contributed by atoms with Gasteiger partial charge in [-0.15, -0.1) is 0 Å². The molecule has 2 N–H and O–H groups in total. The molecule has 1 aromatic carbocycles. The summed E-state index contributed by atoms with van der Waals surface area (Å²) in [6.07, 6.45) is 0.960. The van der Waals surface area contributed by atoms with Gasteiger partial charge in [-0.2, -0.15) is 0 Å². The average molecular weight is 283 g/mol. The number of aryl methyl sites for hydroxylation is 1. The van der Waals surface area contributed by atoms with Crippen LogP contribution < -0.4 is 5.73 Å². The predicted molar refractivity (Wildman–Crippen MR) is 84.2 cm³/mol. The molecule has 1 amide bonds. The number of nitrogens with two attached hydrogens (primary N) is 1. The maximum Gasteiger partial charge on any atom is 0.272 e. The Morgan fingerprint density at radius 1 is 1.43 bits per heavy atom. The largest absolute Gasteiger partial charge is 0.337 e. The molecule has 0 bridgehead atoms. The van der Waals surface area contributed by atoms with Crippen molar-refractivity contribution in [3.63, 3.8) is 0 Å². The maximum atomic E-state index is 12.7. The number of rotatable bonds is 2. The summed E-state index contributed by atoms with van der Waals surface area (Å²) >= 11 is 0. The third kappa shape index (κ3) is 2.51. The number of hydrogen-bond donors (Lipinski definition) is 1. The van der Waals surface area contributed by atoms with Crippen LogP contribution in [0.5, 0.6) is 0 Å². The van der Waals surface area contributed by atoms with E-state index in [9.17, 15) is 4.79 Å². The lowest BCUT2D eigenvalue weighted by molar-refractivity contribution is 0.0771. The molecule has 1 saturated heterocycles. The second-order valence-corrected chi connectivity index (χ2v) is 6.33. The van der Waals surface area contributed by atoms with Crippen molar-refractivity contribution in [3.8, 4) is 0 Å². The zero-order chi connectivity index (χ0) is 15.0. The molecule has 1 fully saturated rings. The minimum absolute atomic E-state index is 0.0148. The van der Waals surface area contributed by atoms with Crippen molar-refractivity contribution in [1.82, 2.24) is 9.88 Å². The fourth-order valence-corrected chi connectivity index (χ4v) is 2.98. The highest BCUT2D eigenvalue weighted by atomic mass is 16.2. The molecule has 0 saturated carbocycles. The Hall–Kier alpha value is -1.94. The van der Waals surface area contributed by atoms with Gasteiger partial charge in [0.05, 0.1) is 5.52 Å². The molecule has 1 aromatic heterocycles. The number of hydrogen-bond acceptors (Lipinski definition) is 3. The topological polar surface area (TPSA) is 59.2 Å². The van der Waals surface area contributed by atoms with Gasteiger partial charge < -0.3 is 10.6 Å². The van der Waals surface area contributed by atoms with Crippen molar-refractivity contribution in [3.05, 3.63) is 41.6 Å². The summed E-state index contributed by atoms with van der Waals surface area (Å²) in [4.78, 5) is 19.1. The van der Waals surface area contributed by atoms with Gasteiger partial charge in [0.15, 0.2) is 0 Å². The third-order valence-corrected chi connectivity index (χ3v) is 4.48. The summed E-state index contributed by atoms with van der Waals surface area (Å²) in [5.41, 5.74) is 8.36. The van der Waals surface area contributed by atoms with Crippen LogP contribution in [0.3, 0.4) is 0 Å². The summed E-state index contributed by atoms with van der Waals surface area (Å²) < 4.78 is 0. The van der Waals surface area contributed by atoms with E-state index in [2.05, 4.69) is 11.9 Å². The van der Waals surface area contributed by atoms with Gasteiger partial charge in [0.25, 0.3) is 5.91 Å². The summed E-state index contributed by atoms with van der Waals surface area (Å²) in [6, 6.07) is 9.82. The SMILES string of the molecule is Cc1cc(C(=O)N2CCC(C)(CN)C2)nc2ccccc12. The molecule has 1 atom stereocenters. The zero-order valence-electron chi connectivity index (χ0n) is 12.6. The number of amides is 1. The van der Waals surface area contributed by atoms with Crippen molar-refractivity contribution < 1.29 is 4.79 Å². The van der Waals surface area contributed by atoms with Crippen LogP contribution in [0.4, 0.5) is 0 Å². The molecular weight excluding hydrogens is 262 g/mol. The molecule has 3 rings (SSSR count). The minimum atomic E-state index is 0.0148. The molecule has 0 spiro atoms. The minimum Gasteiger partial charge on any atom is -0.337 e. The van der Waals surface area contributed by atoms with Crippen LogP contribution in [0.1, 0.15) is 29.4 Å². The predicted octanol–water partition coefficient (Wildman–Crippen LogP) is 2.35. The molecule has 2 aromatic rings. The van der Waals surface area contributed by atoms with E-state index in [-0.39, 0.29) is 11.3 Å². The van der Waals surface area contributed by atoms with Gasteiger partial charge in [-0.3, -0.25) is 4.79 Å². The summed E-state index contributed by atoms with van der Waals surface area (Å²) in [7, 11) is 0. The average Bonchev–Trinajstić information content (AvgIpc) is 2.90. The van der Waals surface area contributed by atoms with Crippen LogP contribution in [0.15, 0.2) is 30.3 Å². The van der Waals surface area contributed by atoms with E-state index in [1.165, 1.54) is 0 Å². The van der Waals surface area contributed by atoms with Gasteiger partial charge in [0, 0.05) is 18.5 Å². The van der Waals surface area contributed by atoms with Crippen LogP contribution in [0.25, 0.3) is 10.9 Å². The van der Waals surface area contributed by atoms with Crippen molar-refractivity contribution in [2.24, 2.45) is 11.1 Å². The number of pyridine rings is 1. The number of carbonyl (C=O) groups excluding carboxylic acids is 1. The Morgan fingerprint density at radius 2 is 2.19 bits per heavy atom. The molecule has 1 aliphatic heterocycles. The second kappa shape index (κ2) is 5.11. The first kappa shape index (κ1) is 14.0. The lowest BCUT2D eigenvalue weighted by Crippen LogP contribution is -2.34. The molecule has 1 aliphatic rings. The highest BCUT2D eigenvalue weighted by Crippen LogP contribution is 2.29. The number of fused-ring (bicyclic) bond motifs is 1. The summed E-state index contributed by atoms with van der Waals surface area (Å²) in [5.74, 6) is 0.0148. The molecule has 21 heavy (non-hydrogen) atoms. The van der Waals surface area contributed by atoms with Crippen LogP contribution >= 0.6 is 0 Å². The monoisotopic (exact) mass is 283 g/mol. The number of para-hydroxylation sites is 1. The smallest absolute Gasteiger partial charge is 0.272 e. The third-order valence-electron chi connectivity index (χ3n) is 4.48. The molecule has 0 aliphatic carbocycles. The summed E-state index contributed by atoms with van der Waals surface area (Å²) in [6.45, 7) is 6.26. The standard InChI is InChI=1S/C17H21N3O/c1-12-9-15(19-14-6-4-3-5-13(12)14)16(21)20-8-7-17(2,10-18)11-20/h3-6,9H,7-8,10-11,18H2,1-2H3. The number of carbonyl (C=O) groups is 1. The number of likely N-dealkylation sites (tertiary alicyclic amines) is 1. The number of nitrogens with zero attached hydrogens (tertiary/aromatic N) is 2. The van der Waals surface area contributed by atoms with E-state index in [4.69, 9.17) is 5.73 Å². The lowest BCUT2D eigenvalue weighted by Gasteiger charge is -2.22. The van der Waals surface area contributed by atoms with Gasteiger partial charge in [-0.05, 0) is 43.0 Å². The van der Waals surface area contributed by atoms with E-state index in [0.717, 1.165) is 36.0 Å². The molecule has 1 unspecified atom stereocenters. The summed E-state index contributed by atoms with van der Waals surface area (Å²) in [5, 5.41) is 1.10. The first-order valence-electron chi connectivity index (χ1n) is 7.38. The van der Waals surface area contributed by atoms with Gasteiger partial charge >= 0.3 is 0 Å². The van der Waals surface area contributed by atoms with E-state index in [1.807, 2.05) is 42.2 Å². The number of benzene rings is 1. The lowest BCUT2D eigenvalue weighted by atomic mass is 9.90. The quantitative estimate of drug-likeness (QED) is 0.920.